The molecule has 2 N–H and O–H groups in total. The maximum absolute atomic E-state index is 5.68. The van der Waals surface area contributed by atoms with E-state index in [4.69, 9.17) is 5.73 Å². The van der Waals surface area contributed by atoms with E-state index in [-0.39, 0.29) is 0 Å². The molecule has 2 heterocycles. The lowest BCUT2D eigenvalue weighted by Gasteiger charge is -2.20. The van der Waals surface area contributed by atoms with Crippen LogP contribution in [-0.2, 0) is 0 Å². The predicted molar refractivity (Wildman–Crippen MR) is 63.8 cm³/mol. The number of rotatable bonds is 2. The van der Waals surface area contributed by atoms with Crippen molar-refractivity contribution in [1.29, 1.82) is 0 Å². The van der Waals surface area contributed by atoms with Crippen molar-refractivity contribution >= 4 is 11.5 Å². The molecule has 0 radical (unpaired) electrons. The van der Waals surface area contributed by atoms with Gasteiger partial charge in [-0.3, -0.25) is 0 Å². The van der Waals surface area contributed by atoms with Gasteiger partial charge < -0.3 is 10.6 Å². The fourth-order valence-corrected chi connectivity index (χ4v) is 2.20. The molecule has 1 fully saturated rings. The second-order valence-corrected chi connectivity index (χ2v) is 4.68. The zero-order valence-electron chi connectivity index (χ0n) is 9.48. The number of hydrogen-bond acceptors (Lipinski definition) is 3. The van der Waals surface area contributed by atoms with Gasteiger partial charge in [0.15, 0.2) is 0 Å². The minimum absolute atomic E-state index is 0.612. The Morgan fingerprint density at radius 3 is 2.93 bits per heavy atom. The van der Waals surface area contributed by atoms with Crippen molar-refractivity contribution in [3.05, 3.63) is 18.3 Å². The number of pyridine rings is 1. The first-order valence-electron chi connectivity index (χ1n) is 5.63. The van der Waals surface area contributed by atoms with Crippen LogP contribution in [0.2, 0.25) is 0 Å². The molecule has 0 bridgehead atoms. The Labute approximate surface area is 91.3 Å². The lowest BCUT2D eigenvalue weighted by Crippen LogP contribution is -2.21. The van der Waals surface area contributed by atoms with E-state index in [1.165, 1.54) is 12.1 Å². The molecule has 0 spiro atoms. The second-order valence-electron chi connectivity index (χ2n) is 4.68. The van der Waals surface area contributed by atoms with E-state index in [2.05, 4.69) is 23.7 Å². The summed E-state index contributed by atoms with van der Waals surface area (Å²) in [7, 11) is 0. The molecule has 0 saturated carbocycles. The third kappa shape index (κ3) is 2.22. The fraction of sp³-hybridized carbons (Fsp3) is 0.583. The molecule has 2 rings (SSSR count). The molecule has 1 saturated heterocycles. The molecular formula is C12H19N3. The van der Waals surface area contributed by atoms with E-state index in [1.54, 1.807) is 6.20 Å². The Morgan fingerprint density at radius 2 is 2.33 bits per heavy atom. The van der Waals surface area contributed by atoms with E-state index in [9.17, 15) is 0 Å². The van der Waals surface area contributed by atoms with Crippen LogP contribution in [0.5, 0.6) is 0 Å². The summed E-state index contributed by atoms with van der Waals surface area (Å²) in [5.41, 5.74) is 6.90. The van der Waals surface area contributed by atoms with Crippen LogP contribution < -0.4 is 10.6 Å². The van der Waals surface area contributed by atoms with Gasteiger partial charge in [0.25, 0.3) is 0 Å². The standard InChI is InChI=1S/C12H19N3/c1-9(2)10-4-6-15(8-10)11-3-5-14-12(13)7-11/h3,5,7,9-10H,4,6,8H2,1-2H3,(H2,13,14). The molecule has 0 aliphatic carbocycles. The van der Waals surface area contributed by atoms with Gasteiger partial charge in [-0.05, 0) is 24.3 Å². The Morgan fingerprint density at radius 1 is 1.53 bits per heavy atom. The summed E-state index contributed by atoms with van der Waals surface area (Å²) >= 11 is 0. The monoisotopic (exact) mass is 205 g/mol. The van der Waals surface area contributed by atoms with Crippen LogP contribution in [0, 0.1) is 11.8 Å². The van der Waals surface area contributed by atoms with E-state index in [0.717, 1.165) is 24.9 Å². The van der Waals surface area contributed by atoms with Crippen molar-refractivity contribution in [3.8, 4) is 0 Å². The minimum Gasteiger partial charge on any atom is -0.384 e. The van der Waals surface area contributed by atoms with Gasteiger partial charge in [-0.15, -0.1) is 0 Å². The van der Waals surface area contributed by atoms with Crippen LogP contribution in [-0.4, -0.2) is 18.1 Å². The number of nitrogen functional groups attached to an aromatic ring is 1. The van der Waals surface area contributed by atoms with Crippen molar-refractivity contribution in [3.63, 3.8) is 0 Å². The molecule has 3 nitrogen and oxygen atoms in total. The SMILES string of the molecule is CC(C)C1CCN(c2ccnc(N)c2)C1. The number of nitrogens with two attached hydrogens (primary N) is 1. The summed E-state index contributed by atoms with van der Waals surface area (Å²) < 4.78 is 0. The fourth-order valence-electron chi connectivity index (χ4n) is 2.20. The molecule has 15 heavy (non-hydrogen) atoms. The number of aromatic nitrogens is 1. The van der Waals surface area contributed by atoms with Crippen molar-refractivity contribution in [2.75, 3.05) is 23.7 Å². The lowest BCUT2D eigenvalue weighted by molar-refractivity contribution is 0.423. The van der Waals surface area contributed by atoms with Crippen molar-refractivity contribution < 1.29 is 0 Å². The van der Waals surface area contributed by atoms with Crippen molar-refractivity contribution in [2.45, 2.75) is 20.3 Å². The average molecular weight is 205 g/mol. The molecule has 1 atom stereocenters. The van der Waals surface area contributed by atoms with Crippen molar-refractivity contribution in [1.82, 2.24) is 4.98 Å². The van der Waals surface area contributed by atoms with E-state index < -0.39 is 0 Å². The number of anilines is 2. The normalized spacial score (nSPS) is 21.3. The van der Waals surface area contributed by atoms with Gasteiger partial charge in [0.05, 0.1) is 0 Å². The highest BCUT2D eigenvalue weighted by Crippen LogP contribution is 2.28. The molecule has 1 aromatic rings. The highest BCUT2D eigenvalue weighted by molar-refractivity contribution is 5.52. The highest BCUT2D eigenvalue weighted by atomic mass is 15.2. The van der Waals surface area contributed by atoms with Gasteiger partial charge in [-0.25, -0.2) is 4.98 Å². The quantitative estimate of drug-likeness (QED) is 0.804. The Bertz CT molecular complexity index is 335. The first-order valence-corrected chi connectivity index (χ1v) is 5.63. The molecule has 0 aromatic carbocycles. The minimum atomic E-state index is 0.612. The van der Waals surface area contributed by atoms with Gasteiger partial charge >= 0.3 is 0 Å². The van der Waals surface area contributed by atoms with Crippen molar-refractivity contribution in [2.24, 2.45) is 11.8 Å². The van der Waals surface area contributed by atoms with Gasteiger partial charge in [0.2, 0.25) is 0 Å². The Hall–Kier alpha value is -1.25. The summed E-state index contributed by atoms with van der Waals surface area (Å²) in [5, 5.41) is 0. The van der Waals surface area contributed by atoms with Crippen LogP contribution in [0.3, 0.4) is 0 Å². The van der Waals surface area contributed by atoms with Crippen LogP contribution >= 0.6 is 0 Å². The smallest absolute Gasteiger partial charge is 0.125 e. The maximum atomic E-state index is 5.68. The third-order valence-corrected chi connectivity index (χ3v) is 3.30. The summed E-state index contributed by atoms with van der Waals surface area (Å²) in [4.78, 5) is 6.42. The average Bonchev–Trinajstić information content (AvgIpc) is 2.66. The summed E-state index contributed by atoms with van der Waals surface area (Å²) in [6.07, 6.45) is 3.08. The Balaban J connectivity index is 2.08. The van der Waals surface area contributed by atoms with Gasteiger partial charge in [0.1, 0.15) is 5.82 Å². The molecular weight excluding hydrogens is 186 g/mol. The summed E-state index contributed by atoms with van der Waals surface area (Å²) in [5.74, 6) is 2.20. The molecule has 82 valence electrons. The lowest BCUT2D eigenvalue weighted by atomic mass is 9.95. The van der Waals surface area contributed by atoms with Crippen LogP contribution in [0.1, 0.15) is 20.3 Å². The van der Waals surface area contributed by atoms with Gasteiger partial charge in [-0.2, -0.15) is 0 Å². The second kappa shape index (κ2) is 4.09. The van der Waals surface area contributed by atoms with E-state index in [0.29, 0.717) is 5.82 Å². The molecule has 1 unspecified atom stereocenters. The predicted octanol–water partition coefficient (Wildman–Crippen LogP) is 2.15. The van der Waals surface area contributed by atoms with Crippen LogP contribution in [0.4, 0.5) is 11.5 Å². The van der Waals surface area contributed by atoms with Crippen LogP contribution in [0.25, 0.3) is 0 Å². The van der Waals surface area contributed by atoms with Crippen LogP contribution in [0.15, 0.2) is 18.3 Å². The summed E-state index contributed by atoms with van der Waals surface area (Å²) in [6, 6.07) is 4.00. The summed E-state index contributed by atoms with van der Waals surface area (Å²) in [6.45, 7) is 6.90. The first kappa shape index (κ1) is 10.3. The largest absolute Gasteiger partial charge is 0.384 e. The highest BCUT2D eigenvalue weighted by Gasteiger charge is 2.24. The molecule has 1 aliphatic rings. The van der Waals surface area contributed by atoms with Gasteiger partial charge in [-0.1, -0.05) is 13.8 Å². The maximum Gasteiger partial charge on any atom is 0.125 e. The third-order valence-electron chi connectivity index (χ3n) is 3.30. The first-order chi connectivity index (χ1) is 7.16. The topological polar surface area (TPSA) is 42.2 Å². The zero-order valence-corrected chi connectivity index (χ0v) is 9.48. The Kier molecular flexibility index (Phi) is 2.80. The van der Waals surface area contributed by atoms with E-state index in [1.807, 2.05) is 12.1 Å². The number of nitrogens with zero attached hydrogens (tertiary/aromatic N) is 2. The molecule has 1 aliphatic heterocycles. The number of hydrogen-bond donors (Lipinski definition) is 1. The zero-order chi connectivity index (χ0) is 10.8. The van der Waals surface area contributed by atoms with Gasteiger partial charge in [0, 0.05) is 31.0 Å². The molecule has 1 aromatic heterocycles. The van der Waals surface area contributed by atoms with E-state index >= 15 is 0 Å². The molecule has 3 heteroatoms. The molecule has 0 amide bonds.